The van der Waals surface area contributed by atoms with E-state index in [1.165, 1.54) is 24.2 Å². The van der Waals surface area contributed by atoms with E-state index in [1.54, 1.807) is 0 Å². The topological polar surface area (TPSA) is 59.2 Å². The fraction of sp³-hybridized carbons (Fsp3) is 0.667. The van der Waals surface area contributed by atoms with Gasteiger partial charge in [-0.1, -0.05) is 12.8 Å². The Hall–Kier alpha value is -0.940. The highest BCUT2D eigenvalue weighted by Gasteiger charge is 2.19. The minimum atomic E-state index is 0.0893. The zero-order valence-corrected chi connectivity index (χ0v) is 10.8. The van der Waals surface area contributed by atoms with Gasteiger partial charge in [0, 0.05) is 24.9 Å². The Kier molecular flexibility index (Phi) is 4.50. The van der Waals surface area contributed by atoms with E-state index in [9.17, 15) is 4.79 Å². The van der Waals surface area contributed by atoms with Gasteiger partial charge in [0.2, 0.25) is 0 Å². The van der Waals surface area contributed by atoms with Crippen molar-refractivity contribution in [2.24, 2.45) is 5.73 Å². The van der Waals surface area contributed by atoms with Crippen LogP contribution in [-0.4, -0.2) is 35.4 Å². The van der Waals surface area contributed by atoms with Crippen LogP contribution in [0.4, 0.5) is 0 Å². The van der Waals surface area contributed by atoms with E-state index < -0.39 is 0 Å². The highest BCUT2D eigenvalue weighted by atomic mass is 32.1. The smallest absolute Gasteiger partial charge is 0.273 e. The van der Waals surface area contributed by atoms with Crippen LogP contribution in [0.5, 0.6) is 0 Å². The number of likely N-dealkylation sites (tertiary alicyclic amines) is 1. The minimum absolute atomic E-state index is 0.0893. The molecule has 2 N–H and O–H groups in total. The van der Waals surface area contributed by atoms with Crippen molar-refractivity contribution in [1.82, 2.24) is 9.88 Å². The lowest BCUT2D eigenvalue weighted by Gasteiger charge is -2.18. The zero-order valence-electron chi connectivity index (χ0n) is 10.0. The molecule has 0 unspecified atom stereocenters. The van der Waals surface area contributed by atoms with Crippen molar-refractivity contribution in [3.05, 3.63) is 16.1 Å². The van der Waals surface area contributed by atoms with Gasteiger partial charge >= 0.3 is 0 Å². The summed E-state index contributed by atoms with van der Waals surface area (Å²) in [6.45, 7) is 2.34. The molecule has 94 valence electrons. The molecule has 1 aliphatic rings. The lowest BCUT2D eigenvalue weighted by atomic mass is 10.2. The Morgan fingerprint density at radius 3 is 2.71 bits per heavy atom. The Labute approximate surface area is 106 Å². The van der Waals surface area contributed by atoms with E-state index >= 15 is 0 Å². The number of rotatable bonds is 3. The van der Waals surface area contributed by atoms with Gasteiger partial charge < -0.3 is 10.6 Å². The summed E-state index contributed by atoms with van der Waals surface area (Å²) >= 11 is 1.53. The van der Waals surface area contributed by atoms with Crippen molar-refractivity contribution in [3.8, 4) is 0 Å². The molecule has 0 atom stereocenters. The number of carbonyl (C=O) groups is 1. The number of hydrogen-bond acceptors (Lipinski definition) is 4. The van der Waals surface area contributed by atoms with Crippen LogP contribution in [0.2, 0.25) is 0 Å². The van der Waals surface area contributed by atoms with Gasteiger partial charge in [0.15, 0.2) is 0 Å². The average Bonchev–Trinajstić information content (AvgIpc) is 2.64. The lowest BCUT2D eigenvalue weighted by molar-refractivity contribution is 0.0756. The molecule has 1 fully saturated rings. The van der Waals surface area contributed by atoms with Crippen LogP contribution in [0.25, 0.3) is 0 Å². The molecule has 2 heterocycles. The number of hydrogen-bond donors (Lipinski definition) is 1. The summed E-state index contributed by atoms with van der Waals surface area (Å²) in [6.07, 6.45) is 5.47. The molecular weight excluding hydrogens is 234 g/mol. The molecule has 0 radical (unpaired) electrons. The molecule has 17 heavy (non-hydrogen) atoms. The highest BCUT2D eigenvalue weighted by Crippen LogP contribution is 2.15. The maximum Gasteiger partial charge on any atom is 0.273 e. The molecule has 2 rings (SSSR count). The van der Waals surface area contributed by atoms with Gasteiger partial charge in [-0.15, -0.1) is 11.3 Å². The van der Waals surface area contributed by atoms with E-state index in [0.29, 0.717) is 12.2 Å². The monoisotopic (exact) mass is 253 g/mol. The van der Waals surface area contributed by atoms with Crippen molar-refractivity contribution in [2.75, 3.05) is 19.6 Å². The first kappa shape index (κ1) is 12.5. The molecule has 1 aliphatic heterocycles. The molecule has 1 saturated heterocycles. The summed E-state index contributed by atoms with van der Waals surface area (Å²) in [6, 6.07) is 0. The first-order valence-corrected chi connectivity index (χ1v) is 7.13. The molecule has 0 aromatic carbocycles. The van der Waals surface area contributed by atoms with E-state index in [-0.39, 0.29) is 5.91 Å². The first-order valence-electron chi connectivity index (χ1n) is 6.25. The molecule has 0 spiro atoms. The molecule has 1 amide bonds. The summed E-state index contributed by atoms with van der Waals surface area (Å²) in [4.78, 5) is 18.5. The molecule has 0 bridgehead atoms. The van der Waals surface area contributed by atoms with Gasteiger partial charge in [0.25, 0.3) is 5.91 Å². The molecule has 0 saturated carbocycles. The van der Waals surface area contributed by atoms with Gasteiger partial charge in [0.1, 0.15) is 5.69 Å². The molecule has 5 heteroatoms. The summed E-state index contributed by atoms with van der Waals surface area (Å²) < 4.78 is 0. The second-order valence-electron chi connectivity index (χ2n) is 4.37. The van der Waals surface area contributed by atoms with Crippen molar-refractivity contribution >= 4 is 17.2 Å². The van der Waals surface area contributed by atoms with Crippen LogP contribution in [0.15, 0.2) is 5.38 Å². The van der Waals surface area contributed by atoms with Gasteiger partial charge in [0.05, 0.1) is 5.01 Å². The number of nitrogens with two attached hydrogens (primary N) is 1. The Balaban J connectivity index is 2.01. The predicted molar refractivity (Wildman–Crippen MR) is 69.2 cm³/mol. The van der Waals surface area contributed by atoms with Crippen molar-refractivity contribution in [3.63, 3.8) is 0 Å². The SMILES string of the molecule is NCCc1nc(C(=O)N2CCCCCC2)cs1. The van der Waals surface area contributed by atoms with Crippen LogP contribution >= 0.6 is 11.3 Å². The molecular formula is C12H19N3OS. The number of carbonyl (C=O) groups excluding carboxylic acids is 1. The van der Waals surface area contributed by atoms with Gasteiger partial charge in [-0.25, -0.2) is 4.98 Å². The van der Waals surface area contributed by atoms with Gasteiger partial charge in [-0.3, -0.25) is 4.79 Å². The van der Waals surface area contributed by atoms with E-state index in [0.717, 1.165) is 37.4 Å². The van der Waals surface area contributed by atoms with E-state index in [4.69, 9.17) is 5.73 Å². The molecule has 4 nitrogen and oxygen atoms in total. The molecule has 1 aromatic heterocycles. The predicted octanol–water partition coefficient (Wildman–Crippen LogP) is 1.66. The maximum atomic E-state index is 12.2. The number of aromatic nitrogens is 1. The molecule has 1 aromatic rings. The lowest BCUT2D eigenvalue weighted by Crippen LogP contribution is -2.32. The van der Waals surface area contributed by atoms with Gasteiger partial charge in [-0.05, 0) is 19.4 Å². The van der Waals surface area contributed by atoms with E-state index in [1.807, 2.05) is 10.3 Å². The van der Waals surface area contributed by atoms with Crippen LogP contribution in [0.3, 0.4) is 0 Å². The fourth-order valence-electron chi connectivity index (χ4n) is 2.08. The minimum Gasteiger partial charge on any atom is -0.337 e. The van der Waals surface area contributed by atoms with Crippen LogP contribution in [-0.2, 0) is 6.42 Å². The number of amides is 1. The Morgan fingerprint density at radius 2 is 2.06 bits per heavy atom. The average molecular weight is 253 g/mol. The summed E-state index contributed by atoms with van der Waals surface area (Å²) in [7, 11) is 0. The number of nitrogens with zero attached hydrogens (tertiary/aromatic N) is 2. The summed E-state index contributed by atoms with van der Waals surface area (Å²) in [5, 5.41) is 2.82. The maximum absolute atomic E-state index is 12.2. The molecule has 0 aliphatic carbocycles. The van der Waals surface area contributed by atoms with Crippen molar-refractivity contribution < 1.29 is 4.79 Å². The first-order chi connectivity index (χ1) is 8.31. The second kappa shape index (κ2) is 6.12. The Bertz CT molecular complexity index is 370. The van der Waals surface area contributed by atoms with Gasteiger partial charge in [-0.2, -0.15) is 0 Å². The third-order valence-corrected chi connectivity index (χ3v) is 3.93. The quantitative estimate of drug-likeness (QED) is 0.891. The third kappa shape index (κ3) is 3.26. The third-order valence-electron chi connectivity index (χ3n) is 3.02. The van der Waals surface area contributed by atoms with Crippen LogP contribution in [0, 0.1) is 0 Å². The second-order valence-corrected chi connectivity index (χ2v) is 5.31. The highest BCUT2D eigenvalue weighted by molar-refractivity contribution is 7.09. The van der Waals surface area contributed by atoms with Crippen molar-refractivity contribution in [1.29, 1.82) is 0 Å². The summed E-state index contributed by atoms with van der Waals surface area (Å²) in [5.74, 6) is 0.0893. The fourth-order valence-corrected chi connectivity index (χ4v) is 2.87. The standard InChI is InChI=1S/C12H19N3OS/c13-6-5-11-14-10(9-17-11)12(16)15-7-3-1-2-4-8-15/h9H,1-8,13H2. The largest absolute Gasteiger partial charge is 0.337 e. The van der Waals surface area contributed by atoms with Crippen LogP contribution < -0.4 is 5.73 Å². The zero-order chi connectivity index (χ0) is 12.1. The Morgan fingerprint density at radius 1 is 1.35 bits per heavy atom. The summed E-state index contributed by atoms with van der Waals surface area (Å²) in [5.41, 5.74) is 6.08. The number of thiazole rings is 1. The van der Waals surface area contributed by atoms with Crippen molar-refractivity contribution in [2.45, 2.75) is 32.1 Å². The van der Waals surface area contributed by atoms with Crippen LogP contribution in [0.1, 0.15) is 41.2 Å². The normalized spacial score (nSPS) is 16.9. The van der Waals surface area contributed by atoms with E-state index in [2.05, 4.69) is 4.98 Å².